The van der Waals surface area contributed by atoms with Gasteiger partial charge in [-0.2, -0.15) is 0 Å². The third kappa shape index (κ3) is 74.7. The molecule has 0 saturated heterocycles. The fourth-order valence-corrected chi connectivity index (χ4v) is 14.3. The van der Waals surface area contributed by atoms with Crippen molar-refractivity contribution in [1.29, 1.82) is 0 Å². The molecule has 3 N–H and O–H groups in total. The molecule has 0 aromatic rings. The Morgan fingerprint density at radius 2 is 0.475 bits per heavy atom. The minimum Gasteiger partial charge on any atom is -0.462 e. The van der Waals surface area contributed by atoms with Crippen molar-refractivity contribution in [3.63, 3.8) is 0 Å². The van der Waals surface area contributed by atoms with Crippen molar-refractivity contribution in [3.8, 4) is 0 Å². The van der Waals surface area contributed by atoms with E-state index < -0.39 is 97.5 Å². The first kappa shape index (κ1) is 99.1. The molecule has 0 aromatic carbocycles. The highest BCUT2D eigenvalue weighted by molar-refractivity contribution is 7.47. The molecular formula is C82H160O17P2. The number of phosphoric ester groups is 2. The van der Waals surface area contributed by atoms with Gasteiger partial charge in [0, 0.05) is 25.7 Å². The molecule has 17 nitrogen and oxygen atoms in total. The van der Waals surface area contributed by atoms with E-state index in [1.165, 1.54) is 263 Å². The van der Waals surface area contributed by atoms with Crippen LogP contribution in [0.5, 0.6) is 0 Å². The highest BCUT2D eigenvalue weighted by atomic mass is 31.2. The van der Waals surface area contributed by atoms with Crippen LogP contribution in [0.1, 0.15) is 439 Å². The van der Waals surface area contributed by atoms with Crippen LogP contribution in [0, 0.1) is 5.92 Å². The number of rotatable bonds is 82. The van der Waals surface area contributed by atoms with Gasteiger partial charge >= 0.3 is 39.5 Å². The number of aliphatic hydroxyl groups is 1. The predicted molar refractivity (Wildman–Crippen MR) is 414 cm³/mol. The van der Waals surface area contributed by atoms with Crippen molar-refractivity contribution in [1.82, 2.24) is 0 Å². The molecule has 0 spiro atoms. The lowest BCUT2D eigenvalue weighted by Gasteiger charge is -2.21. The Bertz CT molecular complexity index is 1930. The highest BCUT2D eigenvalue weighted by Crippen LogP contribution is 2.45. The molecule has 0 aliphatic carbocycles. The summed E-state index contributed by atoms with van der Waals surface area (Å²) in [5.41, 5.74) is 0. The number of ether oxygens (including phenoxy) is 4. The Morgan fingerprint density at radius 1 is 0.277 bits per heavy atom. The van der Waals surface area contributed by atoms with Gasteiger partial charge in [-0.25, -0.2) is 9.13 Å². The van der Waals surface area contributed by atoms with Gasteiger partial charge in [0.05, 0.1) is 26.4 Å². The monoisotopic (exact) mass is 1480 g/mol. The lowest BCUT2D eigenvalue weighted by molar-refractivity contribution is -0.161. The first-order valence-electron chi connectivity index (χ1n) is 42.7. The zero-order chi connectivity index (χ0) is 74.1. The molecular weight excluding hydrogens is 1320 g/mol. The maximum atomic E-state index is 13.1. The van der Waals surface area contributed by atoms with Crippen LogP contribution >= 0.6 is 15.6 Å². The van der Waals surface area contributed by atoms with Gasteiger partial charge in [-0.05, 0) is 31.6 Å². The fraction of sp³-hybridized carbons (Fsp3) is 0.951. The molecule has 0 fully saturated rings. The summed E-state index contributed by atoms with van der Waals surface area (Å²) in [6, 6.07) is 0. The van der Waals surface area contributed by atoms with E-state index in [0.29, 0.717) is 25.7 Å². The molecule has 6 atom stereocenters. The molecule has 600 valence electrons. The second kappa shape index (κ2) is 74.9. The first-order chi connectivity index (χ1) is 49.1. The lowest BCUT2D eigenvalue weighted by Crippen LogP contribution is -2.30. The topological polar surface area (TPSA) is 237 Å². The molecule has 0 amide bonds. The van der Waals surface area contributed by atoms with Crippen molar-refractivity contribution < 1.29 is 80.2 Å². The Balaban J connectivity index is 5.22. The summed E-state index contributed by atoms with van der Waals surface area (Å²) in [5, 5.41) is 10.6. The van der Waals surface area contributed by atoms with E-state index in [4.69, 9.17) is 37.0 Å². The highest BCUT2D eigenvalue weighted by Gasteiger charge is 2.30. The van der Waals surface area contributed by atoms with E-state index in [9.17, 15) is 43.2 Å². The third-order valence-electron chi connectivity index (χ3n) is 19.6. The number of carbonyl (C=O) groups excluding carboxylic acids is 4. The maximum absolute atomic E-state index is 13.1. The van der Waals surface area contributed by atoms with Crippen molar-refractivity contribution in [2.45, 2.75) is 457 Å². The quantitative estimate of drug-likeness (QED) is 0.0222. The van der Waals surface area contributed by atoms with Crippen LogP contribution in [-0.2, 0) is 65.4 Å². The molecule has 0 aromatic heterocycles. The Labute approximate surface area is 619 Å². The second-order valence-corrected chi connectivity index (χ2v) is 32.7. The summed E-state index contributed by atoms with van der Waals surface area (Å²) in [6.07, 6.45) is 66.4. The SMILES string of the molecule is CCCCCCCCCCCCCCCCC(=O)OC[C@H](COP(=O)(O)OC[C@@H](O)COP(=O)(O)OC[C@@H](COC(=O)CCCCCCCCCCCCCC)OC(=O)CCCCCCCCCCCCCCC)OC(=O)CCCCCCCCCCCCCCCCCCCCC(C)CC. The van der Waals surface area contributed by atoms with Crippen molar-refractivity contribution >= 4 is 39.5 Å². The molecule has 0 saturated carbocycles. The van der Waals surface area contributed by atoms with Gasteiger partial charge in [0.25, 0.3) is 0 Å². The molecule has 101 heavy (non-hydrogen) atoms. The van der Waals surface area contributed by atoms with Crippen LogP contribution in [-0.4, -0.2) is 96.7 Å². The molecule has 0 radical (unpaired) electrons. The molecule has 19 heteroatoms. The largest absolute Gasteiger partial charge is 0.472 e. The van der Waals surface area contributed by atoms with Crippen molar-refractivity contribution in [2.75, 3.05) is 39.6 Å². The van der Waals surface area contributed by atoms with Gasteiger partial charge in [-0.1, -0.05) is 388 Å². The van der Waals surface area contributed by atoms with Gasteiger partial charge in [-0.15, -0.1) is 0 Å². The number of aliphatic hydroxyl groups excluding tert-OH is 1. The van der Waals surface area contributed by atoms with E-state index in [1.54, 1.807) is 0 Å². The van der Waals surface area contributed by atoms with E-state index >= 15 is 0 Å². The predicted octanol–water partition coefficient (Wildman–Crippen LogP) is 24.8. The van der Waals surface area contributed by atoms with E-state index in [0.717, 1.165) is 95.8 Å². The average molecular weight is 1480 g/mol. The normalized spacial score (nSPS) is 14.1. The van der Waals surface area contributed by atoms with Gasteiger partial charge in [-0.3, -0.25) is 37.3 Å². The van der Waals surface area contributed by atoms with E-state index in [2.05, 4.69) is 34.6 Å². The average Bonchev–Trinajstić information content (AvgIpc) is 0.934. The second-order valence-electron chi connectivity index (χ2n) is 29.8. The maximum Gasteiger partial charge on any atom is 0.472 e. The summed E-state index contributed by atoms with van der Waals surface area (Å²) >= 11 is 0. The van der Waals surface area contributed by atoms with Crippen LogP contribution in [0.25, 0.3) is 0 Å². The van der Waals surface area contributed by atoms with Crippen LogP contribution in [0.3, 0.4) is 0 Å². The van der Waals surface area contributed by atoms with Crippen molar-refractivity contribution in [2.24, 2.45) is 5.92 Å². The van der Waals surface area contributed by atoms with Crippen LogP contribution in [0.2, 0.25) is 0 Å². The first-order valence-corrected chi connectivity index (χ1v) is 45.7. The fourth-order valence-electron chi connectivity index (χ4n) is 12.7. The van der Waals surface area contributed by atoms with Gasteiger partial charge in [0.2, 0.25) is 0 Å². The number of esters is 4. The molecule has 0 rings (SSSR count). The van der Waals surface area contributed by atoms with Crippen LogP contribution in [0.4, 0.5) is 0 Å². The number of unbranched alkanes of at least 4 members (excludes halogenated alkanes) is 53. The summed E-state index contributed by atoms with van der Waals surface area (Å²) in [5.74, 6) is -1.23. The number of hydrogen-bond acceptors (Lipinski definition) is 15. The number of phosphoric acid groups is 2. The van der Waals surface area contributed by atoms with Gasteiger partial charge < -0.3 is 33.8 Å². The smallest absolute Gasteiger partial charge is 0.462 e. The van der Waals surface area contributed by atoms with Crippen molar-refractivity contribution in [3.05, 3.63) is 0 Å². The minimum atomic E-state index is -4.96. The van der Waals surface area contributed by atoms with Crippen LogP contribution < -0.4 is 0 Å². The number of hydrogen-bond donors (Lipinski definition) is 3. The van der Waals surface area contributed by atoms with E-state index in [-0.39, 0.29) is 25.7 Å². The summed E-state index contributed by atoms with van der Waals surface area (Å²) in [6.45, 7) is 7.41. The Hall–Kier alpha value is -1.94. The molecule has 0 heterocycles. The Morgan fingerprint density at radius 3 is 0.703 bits per heavy atom. The Kier molecular flexibility index (Phi) is 73.5. The molecule has 0 aliphatic heterocycles. The molecule has 0 aliphatic rings. The molecule has 3 unspecified atom stereocenters. The standard InChI is InChI=1S/C82H160O17P2/c1-6-10-13-16-19-22-25-28-37-41-46-51-56-61-66-80(85)93-72-78(99-82(87)68-63-58-53-48-43-38-34-32-30-29-31-33-36-39-44-49-54-59-64-75(5)9-4)74-97-101(90,91)95-70-76(83)69-94-100(88,89)96-73-77(71-92-79(84)65-60-55-50-45-40-27-24-21-18-15-12-8-3)98-81(86)67-62-57-52-47-42-35-26-23-20-17-14-11-7-2/h75-78,83H,6-74H2,1-5H3,(H,88,89)(H,90,91)/t75?,76-,77+,78+/m0/s1. The summed E-state index contributed by atoms with van der Waals surface area (Å²) < 4.78 is 68.7. The zero-order valence-corrected chi connectivity index (χ0v) is 67.8. The van der Waals surface area contributed by atoms with E-state index in [1.807, 2.05) is 0 Å². The van der Waals surface area contributed by atoms with Gasteiger partial charge in [0.15, 0.2) is 12.2 Å². The lowest BCUT2D eigenvalue weighted by atomic mass is 9.99. The van der Waals surface area contributed by atoms with Crippen LogP contribution in [0.15, 0.2) is 0 Å². The number of carbonyl (C=O) groups is 4. The third-order valence-corrected chi connectivity index (χ3v) is 21.5. The summed E-state index contributed by atoms with van der Waals surface area (Å²) in [4.78, 5) is 73.0. The molecule has 0 bridgehead atoms. The zero-order valence-electron chi connectivity index (χ0n) is 66.1. The minimum absolute atomic E-state index is 0.108. The van der Waals surface area contributed by atoms with Gasteiger partial charge in [0.1, 0.15) is 19.3 Å². The summed E-state index contributed by atoms with van der Waals surface area (Å²) in [7, 11) is -9.92.